The first kappa shape index (κ1) is 24.3. The van der Waals surface area contributed by atoms with Gasteiger partial charge in [0.25, 0.3) is 0 Å². The molecule has 1 amide bonds. The third-order valence-electron chi connectivity index (χ3n) is 5.84. The molecule has 1 aliphatic rings. The first-order chi connectivity index (χ1) is 16.6. The summed E-state index contributed by atoms with van der Waals surface area (Å²) >= 11 is 0. The molecule has 0 aromatic heterocycles. The van der Waals surface area contributed by atoms with Gasteiger partial charge in [0.15, 0.2) is 5.78 Å². The van der Waals surface area contributed by atoms with E-state index >= 15 is 0 Å². The van der Waals surface area contributed by atoms with Crippen LogP contribution in [-0.2, 0) is 21.2 Å². The summed E-state index contributed by atoms with van der Waals surface area (Å²) in [5, 5.41) is 19.0. The van der Waals surface area contributed by atoms with E-state index in [0.717, 1.165) is 4.90 Å². The molecule has 3 aromatic rings. The molecule has 35 heavy (non-hydrogen) atoms. The van der Waals surface area contributed by atoms with Gasteiger partial charge < -0.3 is 15.1 Å². The Kier molecular flexibility index (Phi) is 6.55. The van der Waals surface area contributed by atoms with E-state index in [2.05, 4.69) is 0 Å². The molecule has 0 unspecified atom stereocenters. The number of sulfonamides is 1. The minimum absolute atomic E-state index is 0.0171. The van der Waals surface area contributed by atoms with Crippen molar-refractivity contribution in [2.75, 3.05) is 26.2 Å². The summed E-state index contributed by atoms with van der Waals surface area (Å²) in [6.45, 7) is 0.148. The lowest BCUT2D eigenvalue weighted by atomic mass is 9.94. The maximum Gasteiger partial charge on any atom is 0.407 e. The van der Waals surface area contributed by atoms with Gasteiger partial charge in [0.05, 0.1) is 11.3 Å². The van der Waals surface area contributed by atoms with Crippen molar-refractivity contribution in [3.63, 3.8) is 0 Å². The number of carboxylic acid groups (broad SMARTS) is 2. The monoisotopic (exact) mass is 500 g/mol. The Morgan fingerprint density at radius 2 is 1.54 bits per heavy atom. The van der Waals surface area contributed by atoms with Gasteiger partial charge in [-0.05, 0) is 58.8 Å². The minimum atomic E-state index is -3.89. The van der Waals surface area contributed by atoms with Crippen molar-refractivity contribution < 1.29 is 37.4 Å². The fraction of sp³-hybridized carbons (Fsp3) is 0.208. The molecule has 2 N–H and O–H groups in total. The van der Waals surface area contributed by atoms with E-state index in [4.69, 9.17) is 10.2 Å². The maximum atomic E-state index is 13.9. The van der Waals surface area contributed by atoms with Crippen molar-refractivity contribution in [3.8, 4) is 0 Å². The number of ketones is 1. The first-order valence-electron chi connectivity index (χ1n) is 10.6. The highest BCUT2D eigenvalue weighted by Gasteiger charge is 2.30. The van der Waals surface area contributed by atoms with Gasteiger partial charge in [-0.15, -0.1) is 0 Å². The predicted octanol–water partition coefficient (Wildman–Crippen LogP) is 2.82. The molecule has 182 valence electrons. The number of carbonyl (C=O) groups excluding carboxylic acids is 1. The largest absolute Gasteiger partial charge is 0.481 e. The van der Waals surface area contributed by atoms with Gasteiger partial charge in [0.2, 0.25) is 10.0 Å². The lowest BCUT2D eigenvalue weighted by Crippen LogP contribution is -2.50. The van der Waals surface area contributed by atoms with Crippen molar-refractivity contribution in [2.24, 2.45) is 0 Å². The second-order valence-electron chi connectivity index (χ2n) is 8.11. The van der Waals surface area contributed by atoms with E-state index in [0.29, 0.717) is 16.3 Å². The van der Waals surface area contributed by atoms with Crippen LogP contribution >= 0.6 is 0 Å². The van der Waals surface area contributed by atoms with E-state index < -0.39 is 33.7 Å². The van der Waals surface area contributed by atoms with Gasteiger partial charge in [0, 0.05) is 37.3 Å². The molecule has 1 aliphatic heterocycles. The van der Waals surface area contributed by atoms with Gasteiger partial charge in [-0.3, -0.25) is 9.59 Å². The van der Waals surface area contributed by atoms with Gasteiger partial charge in [0.1, 0.15) is 5.82 Å². The predicted molar refractivity (Wildman–Crippen MR) is 123 cm³/mol. The summed E-state index contributed by atoms with van der Waals surface area (Å²) in [5.74, 6) is -2.14. The number of piperazine rings is 1. The molecule has 0 atom stereocenters. The van der Waals surface area contributed by atoms with E-state index in [1.807, 2.05) is 0 Å². The van der Waals surface area contributed by atoms with Gasteiger partial charge >= 0.3 is 12.1 Å². The first-order valence-corrected chi connectivity index (χ1v) is 12.1. The molecule has 0 bridgehead atoms. The summed E-state index contributed by atoms with van der Waals surface area (Å²) in [7, 11) is -3.89. The molecule has 9 nitrogen and oxygen atoms in total. The van der Waals surface area contributed by atoms with Crippen molar-refractivity contribution in [1.82, 2.24) is 9.21 Å². The number of benzene rings is 3. The number of fused-ring (bicyclic) bond motifs is 1. The van der Waals surface area contributed by atoms with Crippen LogP contribution in [0.15, 0.2) is 59.5 Å². The summed E-state index contributed by atoms with van der Waals surface area (Å²) < 4.78 is 41.0. The summed E-state index contributed by atoms with van der Waals surface area (Å²) in [6.07, 6.45) is -1.43. The van der Waals surface area contributed by atoms with Gasteiger partial charge in [-0.25, -0.2) is 17.6 Å². The van der Waals surface area contributed by atoms with Crippen molar-refractivity contribution in [1.29, 1.82) is 0 Å². The summed E-state index contributed by atoms with van der Waals surface area (Å²) in [4.78, 5) is 36.6. The zero-order valence-corrected chi connectivity index (χ0v) is 19.2. The Morgan fingerprint density at radius 3 is 2.14 bits per heavy atom. The summed E-state index contributed by atoms with van der Waals surface area (Å²) in [5.41, 5.74) is 0.635. The molecular weight excluding hydrogens is 479 g/mol. The number of amides is 1. The van der Waals surface area contributed by atoms with E-state index in [-0.39, 0.29) is 48.6 Å². The number of nitrogens with zero attached hydrogens (tertiary/aromatic N) is 2. The third kappa shape index (κ3) is 5.00. The Hall–Kier alpha value is -3.83. The maximum absolute atomic E-state index is 13.9. The number of carbonyl (C=O) groups is 3. The Labute approximate surface area is 200 Å². The van der Waals surface area contributed by atoms with Crippen LogP contribution in [0.25, 0.3) is 10.8 Å². The minimum Gasteiger partial charge on any atom is -0.481 e. The average Bonchev–Trinajstić information content (AvgIpc) is 2.83. The molecule has 0 saturated carbocycles. The van der Waals surface area contributed by atoms with Crippen LogP contribution < -0.4 is 0 Å². The molecule has 1 saturated heterocycles. The van der Waals surface area contributed by atoms with Crippen LogP contribution in [0.5, 0.6) is 0 Å². The quantitative estimate of drug-likeness (QED) is 0.498. The zero-order chi connectivity index (χ0) is 25.3. The third-order valence-corrected chi connectivity index (χ3v) is 7.75. The van der Waals surface area contributed by atoms with E-state index in [1.165, 1.54) is 52.8 Å². The topological polar surface area (TPSA) is 132 Å². The van der Waals surface area contributed by atoms with Crippen molar-refractivity contribution in [2.45, 2.75) is 11.3 Å². The lowest BCUT2D eigenvalue weighted by Gasteiger charge is -2.32. The fourth-order valence-electron chi connectivity index (χ4n) is 4.06. The molecule has 1 heterocycles. The highest BCUT2D eigenvalue weighted by molar-refractivity contribution is 7.89. The number of aliphatic carboxylic acids is 1. The van der Waals surface area contributed by atoms with E-state index in [1.54, 1.807) is 6.07 Å². The van der Waals surface area contributed by atoms with Crippen LogP contribution in [0.1, 0.15) is 21.5 Å². The van der Waals surface area contributed by atoms with Crippen LogP contribution in [-0.4, -0.2) is 71.9 Å². The normalized spacial score (nSPS) is 14.7. The Balaban J connectivity index is 1.64. The highest BCUT2D eigenvalue weighted by atomic mass is 32.2. The standard InChI is InChI=1S/C24H21FN2O7S/c25-18-4-1-17-11-15(13-22(28)29)12-21(20(17)14-18)23(30)16-2-5-19(6-3-16)35(33,34)27-9-7-26(8-10-27)24(31)32/h1-6,11-12,14H,7-10,13H2,(H,28,29)(H,31,32). The molecule has 1 fully saturated rings. The average molecular weight is 501 g/mol. The number of halogens is 1. The van der Waals surface area contributed by atoms with Crippen LogP contribution in [0, 0.1) is 5.82 Å². The Bertz CT molecular complexity index is 1430. The Morgan fingerprint density at radius 1 is 0.886 bits per heavy atom. The molecule has 3 aromatic carbocycles. The molecule has 11 heteroatoms. The van der Waals surface area contributed by atoms with Crippen LogP contribution in [0.3, 0.4) is 0 Å². The second kappa shape index (κ2) is 9.43. The second-order valence-corrected chi connectivity index (χ2v) is 10.0. The number of carboxylic acids is 1. The van der Waals surface area contributed by atoms with Gasteiger partial charge in [-0.2, -0.15) is 4.31 Å². The molecule has 4 rings (SSSR count). The van der Waals surface area contributed by atoms with Crippen molar-refractivity contribution in [3.05, 3.63) is 77.1 Å². The number of hydrogen-bond acceptors (Lipinski definition) is 5. The SMILES string of the molecule is O=C(O)Cc1cc(C(=O)c2ccc(S(=O)(=O)N3CCN(C(=O)O)CC3)cc2)c2cc(F)ccc2c1. The van der Waals surface area contributed by atoms with Crippen molar-refractivity contribution >= 4 is 38.6 Å². The van der Waals surface area contributed by atoms with Gasteiger partial charge in [-0.1, -0.05) is 12.1 Å². The molecule has 0 aliphatic carbocycles. The smallest absolute Gasteiger partial charge is 0.407 e. The fourth-order valence-corrected chi connectivity index (χ4v) is 5.48. The highest BCUT2D eigenvalue weighted by Crippen LogP contribution is 2.26. The zero-order valence-electron chi connectivity index (χ0n) is 18.3. The van der Waals surface area contributed by atoms with Crippen LogP contribution in [0.4, 0.5) is 9.18 Å². The lowest BCUT2D eigenvalue weighted by molar-refractivity contribution is -0.136. The number of hydrogen-bond donors (Lipinski definition) is 2. The number of rotatable bonds is 6. The molecule has 0 radical (unpaired) electrons. The summed E-state index contributed by atoms with van der Waals surface area (Å²) in [6, 6.07) is 12.1. The molecular formula is C24H21FN2O7S. The van der Waals surface area contributed by atoms with E-state index in [9.17, 15) is 27.2 Å². The van der Waals surface area contributed by atoms with Crippen LogP contribution in [0.2, 0.25) is 0 Å². The molecule has 0 spiro atoms.